The number of nitrogens with zero attached hydrogens (tertiary/aromatic N) is 1. The molecule has 2 saturated heterocycles. The molecule has 1 unspecified atom stereocenters. The second-order valence-corrected chi connectivity index (χ2v) is 7.96. The Labute approximate surface area is 138 Å². The number of rotatable bonds is 4. The first kappa shape index (κ1) is 18.0. The second kappa shape index (κ2) is 6.27. The highest BCUT2D eigenvalue weighted by atomic mass is 35.5. The van der Waals surface area contributed by atoms with E-state index in [0.29, 0.717) is 12.5 Å². The zero-order valence-corrected chi connectivity index (χ0v) is 15.0. The summed E-state index contributed by atoms with van der Waals surface area (Å²) in [6.45, 7) is 11.8. The number of hydrogen-bond donors (Lipinski definition) is 0. The Morgan fingerprint density at radius 3 is 2.36 bits per heavy atom. The zero-order chi connectivity index (χ0) is 16.6. The number of hydrogen-bond acceptors (Lipinski definition) is 5. The van der Waals surface area contributed by atoms with Crippen LogP contribution in [0.1, 0.15) is 47.5 Å². The van der Waals surface area contributed by atoms with Gasteiger partial charge in [0, 0.05) is 43.3 Å². The first-order chi connectivity index (χ1) is 10.1. The molecule has 2 heterocycles. The first-order valence-electron chi connectivity index (χ1n) is 7.89. The maximum atomic E-state index is 11.0. The molecule has 0 bridgehead atoms. The molecule has 2 aliphatic heterocycles. The van der Waals surface area contributed by atoms with Crippen molar-refractivity contribution in [2.45, 2.75) is 70.4 Å². The van der Waals surface area contributed by atoms with Gasteiger partial charge in [-0.05, 0) is 27.7 Å². The second-order valence-electron chi connectivity index (χ2n) is 7.58. The van der Waals surface area contributed by atoms with E-state index in [-0.39, 0.29) is 29.8 Å². The Balaban J connectivity index is 2.09. The molecule has 0 aromatic heterocycles. The summed E-state index contributed by atoms with van der Waals surface area (Å²) in [5.41, 5.74) is -0.153. The van der Waals surface area contributed by atoms with Crippen LogP contribution in [0.4, 0.5) is 0 Å². The lowest BCUT2D eigenvalue weighted by molar-refractivity contribution is -0.247. The number of likely N-dealkylation sites (tertiary alicyclic amines) is 1. The van der Waals surface area contributed by atoms with Gasteiger partial charge in [0.25, 0.3) is 0 Å². The van der Waals surface area contributed by atoms with Crippen LogP contribution >= 0.6 is 11.6 Å². The third kappa shape index (κ3) is 3.75. The third-order valence-corrected chi connectivity index (χ3v) is 4.73. The summed E-state index contributed by atoms with van der Waals surface area (Å²) < 4.78 is 17.3. The highest BCUT2D eigenvalue weighted by Crippen LogP contribution is 2.48. The van der Waals surface area contributed by atoms with Crippen LogP contribution < -0.4 is 0 Å². The summed E-state index contributed by atoms with van der Waals surface area (Å²) in [6, 6.07) is 0. The van der Waals surface area contributed by atoms with Crippen LogP contribution in [-0.4, -0.2) is 59.5 Å². The van der Waals surface area contributed by atoms with Crippen LogP contribution in [0.15, 0.2) is 0 Å². The standard InChI is InChI=1S/C16H28ClNO4/c1-12(19)20-8-13-9-21-16(22-13)10-14(2,3)18(7-6-17)15(4,5)11-16/h13H,6-11H2,1-5H3. The van der Waals surface area contributed by atoms with Gasteiger partial charge in [0.05, 0.1) is 6.61 Å². The number of piperidine rings is 1. The highest BCUT2D eigenvalue weighted by Gasteiger charge is 2.56. The smallest absolute Gasteiger partial charge is 0.302 e. The van der Waals surface area contributed by atoms with Crippen molar-refractivity contribution in [1.29, 1.82) is 0 Å². The van der Waals surface area contributed by atoms with Crippen molar-refractivity contribution in [2.24, 2.45) is 0 Å². The Morgan fingerprint density at radius 2 is 1.86 bits per heavy atom. The molecule has 5 nitrogen and oxygen atoms in total. The molecule has 0 saturated carbocycles. The molecule has 22 heavy (non-hydrogen) atoms. The monoisotopic (exact) mass is 333 g/mol. The van der Waals surface area contributed by atoms with Crippen LogP contribution in [-0.2, 0) is 19.0 Å². The molecule has 0 N–H and O–H groups in total. The number of alkyl halides is 1. The van der Waals surface area contributed by atoms with E-state index in [1.165, 1.54) is 6.92 Å². The van der Waals surface area contributed by atoms with Gasteiger partial charge in [0.15, 0.2) is 5.79 Å². The van der Waals surface area contributed by atoms with Gasteiger partial charge in [-0.2, -0.15) is 0 Å². The van der Waals surface area contributed by atoms with Gasteiger partial charge in [-0.15, -0.1) is 11.6 Å². The van der Waals surface area contributed by atoms with E-state index in [1.54, 1.807) is 0 Å². The minimum atomic E-state index is -0.597. The Morgan fingerprint density at radius 1 is 1.27 bits per heavy atom. The average Bonchev–Trinajstić information content (AvgIpc) is 2.73. The molecule has 6 heteroatoms. The number of carbonyl (C=O) groups excluding carboxylic acids is 1. The van der Waals surface area contributed by atoms with E-state index in [1.807, 2.05) is 0 Å². The predicted molar refractivity (Wildman–Crippen MR) is 85.0 cm³/mol. The zero-order valence-electron chi connectivity index (χ0n) is 14.3. The number of ether oxygens (including phenoxy) is 3. The highest BCUT2D eigenvalue weighted by molar-refractivity contribution is 6.18. The average molecular weight is 334 g/mol. The molecule has 2 rings (SSSR count). The van der Waals surface area contributed by atoms with Crippen molar-refractivity contribution in [3.8, 4) is 0 Å². The molecule has 128 valence electrons. The fourth-order valence-electron chi connectivity index (χ4n) is 4.18. The minimum absolute atomic E-state index is 0.0764. The van der Waals surface area contributed by atoms with Crippen LogP contribution in [0, 0.1) is 0 Å². The summed E-state index contributed by atoms with van der Waals surface area (Å²) in [4.78, 5) is 13.4. The van der Waals surface area contributed by atoms with Gasteiger partial charge in [-0.1, -0.05) is 0 Å². The van der Waals surface area contributed by atoms with E-state index in [2.05, 4.69) is 32.6 Å². The molecule has 0 aromatic rings. The van der Waals surface area contributed by atoms with Gasteiger partial charge in [-0.3, -0.25) is 9.69 Å². The molecular weight excluding hydrogens is 306 g/mol. The third-order valence-electron chi connectivity index (χ3n) is 4.56. The molecule has 2 aliphatic rings. The lowest BCUT2D eigenvalue weighted by Crippen LogP contribution is -2.66. The molecule has 1 atom stereocenters. The Bertz CT molecular complexity index is 406. The molecule has 0 radical (unpaired) electrons. The fourth-order valence-corrected chi connectivity index (χ4v) is 4.34. The summed E-state index contributed by atoms with van der Waals surface area (Å²) in [7, 11) is 0. The molecule has 2 fully saturated rings. The van der Waals surface area contributed by atoms with Crippen molar-refractivity contribution < 1.29 is 19.0 Å². The molecule has 0 aromatic carbocycles. The summed E-state index contributed by atoms with van der Waals surface area (Å²) >= 11 is 5.98. The molecule has 0 amide bonds. The first-order valence-corrected chi connectivity index (χ1v) is 8.43. The van der Waals surface area contributed by atoms with Crippen LogP contribution in [0.25, 0.3) is 0 Å². The van der Waals surface area contributed by atoms with Crippen molar-refractivity contribution >= 4 is 17.6 Å². The van der Waals surface area contributed by atoms with E-state index in [9.17, 15) is 4.79 Å². The maximum absolute atomic E-state index is 11.0. The van der Waals surface area contributed by atoms with E-state index in [4.69, 9.17) is 25.8 Å². The quantitative estimate of drug-likeness (QED) is 0.584. The van der Waals surface area contributed by atoms with Crippen molar-refractivity contribution in [2.75, 3.05) is 25.6 Å². The summed E-state index contributed by atoms with van der Waals surface area (Å²) in [5.74, 6) is -0.278. The number of halogens is 1. The maximum Gasteiger partial charge on any atom is 0.302 e. The summed E-state index contributed by atoms with van der Waals surface area (Å²) in [6.07, 6.45) is 1.36. The van der Waals surface area contributed by atoms with Crippen LogP contribution in [0.5, 0.6) is 0 Å². The fraction of sp³-hybridized carbons (Fsp3) is 0.938. The van der Waals surface area contributed by atoms with Crippen molar-refractivity contribution in [1.82, 2.24) is 4.90 Å². The van der Waals surface area contributed by atoms with E-state index in [0.717, 1.165) is 19.4 Å². The molecular formula is C16H28ClNO4. The topological polar surface area (TPSA) is 48.0 Å². The number of esters is 1. The van der Waals surface area contributed by atoms with Gasteiger partial charge >= 0.3 is 5.97 Å². The van der Waals surface area contributed by atoms with Crippen LogP contribution in [0.2, 0.25) is 0 Å². The van der Waals surface area contributed by atoms with Gasteiger partial charge < -0.3 is 14.2 Å². The van der Waals surface area contributed by atoms with Crippen molar-refractivity contribution in [3.63, 3.8) is 0 Å². The normalized spacial score (nSPS) is 29.6. The predicted octanol–water partition coefficient (Wildman–Crippen LogP) is 2.55. The van der Waals surface area contributed by atoms with Crippen molar-refractivity contribution in [3.05, 3.63) is 0 Å². The van der Waals surface area contributed by atoms with E-state index < -0.39 is 5.79 Å². The number of carbonyl (C=O) groups is 1. The Hall–Kier alpha value is -0.360. The van der Waals surface area contributed by atoms with Gasteiger partial charge in [0.1, 0.15) is 12.7 Å². The van der Waals surface area contributed by atoms with Gasteiger partial charge in [-0.25, -0.2) is 0 Å². The largest absolute Gasteiger partial charge is 0.463 e. The Kier molecular flexibility index (Phi) is 5.12. The SMILES string of the molecule is CC(=O)OCC1COC2(CC(C)(C)N(CCCl)C(C)(C)C2)O1. The minimum Gasteiger partial charge on any atom is -0.463 e. The summed E-state index contributed by atoms with van der Waals surface area (Å²) in [5, 5.41) is 0. The van der Waals surface area contributed by atoms with Gasteiger partial charge in [0.2, 0.25) is 0 Å². The molecule has 1 spiro atoms. The van der Waals surface area contributed by atoms with E-state index >= 15 is 0 Å². The van der Waals surface area contributed by atoms with Crippen LogP contribution in [0.3, 0.4) is 0 Å². The lowest BCUT2D eigenvalue weighted by Gasteiger charge is -2.57. The molecule has 0 aliphatic carbocycles. The lowest BCUT2D eigenvalue weighted by atomic mass is 9.76.